The average Bonchev–Trinajstić information content (AvgIpc) is 2.22. The number of rotatable bonds is 2. The molecule has 0 saturated carbocycles. The van der Waals surface area contributed by atoms with Gasteiger partial charge in [-0.05, 0) is 12.1 Å². The fraction of sp³-hybridized carbons (Fsp3) is 0.182. The molecule has 0 aliphatic heterocycles. The van der Waals surface area contributed by atoms with E-state index < -0.39 is 5.97 Å². The van der Waals surface area contributed by atoms with E-state index in [-0.39, 0.29) is 12.8 Å². The normalized spacial score (nSPS) is 9.38. The SMILES string of the molecule is Nc1ccc(Cl)c(Cl)c1C#CCCC(=O)O. The van der Waals surface area contributed by atoms with Crippen LogP contribution in [0, 0.1) is 11.8 Å². The topological polar surface area (TPSA) is 63.3 Å². The molecular formula is C11H9Cl2NO2. The molecule has 1 aromatic rings. The summed E-state index contributed by atoms with van der Waals surface area (Å²) >= 11 is 11.7. The van der Waals surface area contributed by atoms with Crippen molar-refractivity contribution >= 4 is 34.9 Å². The first-order chi connectivity index (χ1) is 7.52. The molecule has 84 valence electrons. The van der Waals surface area contributed by atoms with Gasteiger partial charge in [-0.1, -0.05) is 35.0 Å². The maximum Gasteiger partial charge on any atom is 0.304 e. The Morgan fingerprint density at radius 1 is 1.44 bits per heavy atom. The number of nitrogens with two attached hydrogens (primary N) is 1. The lowest BCUT2D eigenvalue weighted by molar-refractivity contribution is -0.136. The number of anilines is 1. The smallest absolute Gasteiger partial charge is 0.304 e. The standard InChI is InChI=1S/C11H9Cl2NO2/c12-8-5-6-9(14)7(11(8)13)3-1-2-4-10(15)16/h5-6H,2,4,14H2,(H,15,16). The van der Waals surface area contributed by atoms with Crippen molar-refractivity contribution in [1.82, 2.24) is 0 Å². The summed E-state index contributed by atoms with van der Waals surface area (Å²) < 4.78 is 0. The van der Waals surface area contributed by atoms with Crippen LogP contribution in [-0.4, -0.2) is 11.1 Å². The molecule has 3 nitrogen and oxygen atoms in total. The van der Waals surface area contributed by atoms with Crippen LogP contribution in [-0.2, 0) is 4.79 Å². The summed E-state index contributed by atoms with van der Waals surface area (Å²) in [6.07, 6.45) is 0.239. The van der Waals surface area contributed by atoms with Crippen LogP contribution < -0.4 is 5.73 Å². The maximum absolute atomic E-state index is 10.3. The second-order valence-corrected chi connectivity index (χ2v) is 3.81. The number of benzene rings is 1. The average molecular weight is 258 g/mol. The van der Waals surface area contributed by atoms with Gasteiger partial charge in [0.15, 0.2) is 0 Å². The predicted molar refractivity (Wildman–Crippen MR) is 64.6 cm³/mol. The van der Waals surface area contributed by atoms with Gasteiger partial charge < -0.3 is 10.8 Å². The first-order valence-electron chi connectivity index (χ1n) is 4.46. The Morgan fingerprint density at radius 2 is 2.12 bits per heavy atom. The Labute approximate surface area is 103 Å². The third-order valence-electron chi connectivity index (χ3n) is 1.80. The second kappa shape index (κ2) is 5.64. The van der Waals surface area contributed by atoms with Crippen LogP contribution in [0.4, 0.5) is 5.69 Å². The van der Waals surface area contributed by atoms with Crippen LogP contribution in [0.1, 0.15) is 18.4 Å². The van der Waals surface area contributed by atoms with Gasteiger partial charge in [-0.25, -0.2) is 0 Å². The summed E-state index contributed by atoms with van der Waals surface area (Å²) in [6, 6.07) is 3.19. The number of carboxylic acids is 1. The zero-order valence-corrected chi connectivity index (χ0v) is 9.77. The van der Waals surface area contributed by atoms with Crippen LogP contribution in [0.5, 0.6) is 0 Å². The zero-order valence-electron chi connectivity index (χ0n) is 8.26. The van der Waals surface area contributed by atoms with E-state index in [2.05, 4.69) is 11.8 Å². The summed E-state index contributed by atoms with van der Waals surface area (Å²) in [6.45, 7) is 0. The van der Waals surface area contributed by atoms with Gasteiger partial charge in [0, 0.05) is 12.1 Å². The monoisotopic (exact) mass is 257 g/mol. The van der Waals surface area contributed by atoms with E-state index in [0.29, 0.717) is 21.3 Å². The Hall–Kier alpha value is -1.37. The van der Waals surface area contributed by atoms with Crippen LogP contribution in [0.3, 0.4) is 0 Å². The summed E-state index contributed by atoms with van der Waals surface area (Å²) in [4.78, 5) is 10.3. The highest BCUT2D eigenvalue weighted by atomic mass is 35.5. The van der Waals surface area contributed by atoms with Gasteiger partial charge in [-0.2, -0.15) is 0 Å². The van der Waals surface area contributed by atoms with Crippen molar-refractivity contribution in [3.05, 3.63) is 27.7 Å². The Morgan fingerprint density at radius 3 is 2.75 bits per heavy atom. The molecule has 3 N–H and O–H groups in total. The van der Waals surface area contributed by atoms with E-state index in [0.717, 1.165) is 0 Å². The Balaban J connectivity index is 2.88. The molecule has 0 unspecified atom stereocenters. The van der Waals surface area contributed by atoms with Gasteiger partial charge in [-0.3, -0.25) is 4.79 Å². The van der Waals surface area contributed by atoms with Crippen LogP contribution in [0.25, 0.3) is 0 Å². The summed E-state index contributed by atoms with van der Waals surface area (Å²) in [5, 5.41) is 9.09. The third kappa shape index (κ3) is 3.34. The highest BCUT2D eigenvalue weighted by molar-refractivity contribution is 6.43. The van der Waals surface area contributed by atoms with Gasteiger partial charge in [0.1, 0.15) is 0 Å². The molecule has 0 fully saturated rings. The van der Waals surface area contributed by atoms with Crippen molar-refractivity contribution < 1.29 is 9.90 Å². The molecule has 16 heavy (non-hydrogen) atoms. The highest BCUT2D eigenvalue weighted by Crippen LogP contribution is 2.29. The molecule has 1 aromatic carbocycles. The molecule has 0 saturated heterocycles. The fourth-order valence-corrected chi connectivity index (χ4v) is 1.39. The Kier molecular flexibility index (Phi) is 4.48. The van der Waals surface area contributed by atoms with Crippen LogP contribution >= 0.6 is 23.2 Å². The van der Waals surface area contributed by atoms with Crippen molar-refractivity contribution in [2.24, 2.45) is 0 Å². The van der Waals surface area contributed by atoms with Crippen molar-refractivity contribution in [2.75, 3.05) is 5.73 Å². The number of aliphatic carboxylic acids is 1. The molecule has 0 aliphatic rings. The van der Waals surface area contributed by atoms with E-state index in [1.807, 2.05) is 0 Å². The van der Waals surface area contributed by atoms with E-state index in [9.17, 15) is 4.79 Å². The molecule has 0 radical (unpaired) electrons. The van der Waals surface area contributed by atoms with Crippen LogP contribution in [0.2, 0.25) is 10.0 Å². The molecule has 0 amide bonds. The number of carboxylic acid groups (broad SMARTS) is 1. The summed E-state index contributed by atoms with van der Waals surface area (Å²) in [5.41, 5.74) is 6.54. The maximum atomic E-state index is 10.3. The second-order valence-electron chi connectivity index (χ2n) is 3.02. The Bertz CT molecular complexity index is 475. The molecule has 0 atom stereocenters. The van der Waals surface area contributed by atoms with Crippen molar-refractivity contribution in [2.45, 2.75) is 12.8 Å². The van der Waals surface area contributed by atoms with Gasteiger partial charge in [0.25, 0.3) is 0 Å². The molecule has 5 heteroatoms. The lowest BCUT2D eigenvalue weighted by Crippen LogP contribution is -1.93. The minimum absolute atomic E-state index is 0.00884. The highest BCUT2D eigenvalue weighted by Gasteiger charge is 2.05. The van der Waals surface area contributed by atoms with Gasteiger partial charge in [-0.15, -0.1) is 0 Å². The quantitative estimate of drug-likeness (QED) is 0.633. The van der Waals surface area contributed by atoms with E-state index in [4.69, 9.17) is 34.0 Å². The van der Waals surface area contributed by atoms with E-state index in [1.165, 1.54) is 0 Å². The number of carbonyl (C=O) groups is 1. The summed E-state index contributed by atoms with van der Waals surface area (Å²) in [7, 11) is 0. The molecule has 0 aliphatic carbocycles. The molecule has 0 bridgehead atoms. The van der Waals surface area contributed by atoms with Gasteiger partial charge in [0.2, 0.25) is 0 Å². The first-order valence-corrected chi connectivity index (χ1v) is 5.22. The molecular weight excluding hydrogens is 249 g/mol. The molecule has 0 aromatic heterocycles. The molecule has 0 heterocycles. The molecule has 1 rings (SSSR count). The van der Waals surface area contributed by atoms with Gasteiger partial charge >= 0.3 is 5.97 Å². The zero-order chi connectivity index (χ0) is 12.1. The van der Waals surface area contributed by atoms with Crippen molar-refractivity contribution in [1.29, 1.82) is 0 Å². The summed E-state index contributed by atoms with van der Waals surface area (Å²) in [5.74, 6) is 4.52. The third-order valence-corrected chi connectivity index (χ3v) is 2.61. The largest absolute Gasteiger partial charge is 0.481 e. The van der Waals surface area contributed by atoms with Crippen molar-refractivity contribution in [3.63, 3.8) is 0 Å². The molecule has 0 spiro atoms. The number of halogens is 2. The number of hydrogen-bond donors (Lipinski definition) is 2. The first kappa shape index (κ1) is 12.7. The minimum atomic E-state index is -0.889. The lowest BCUT2D eigenvalue weighted by Gasteiger charge is -2.02. The predicted octanol–water partition coefficient (Wildman–Crippen LogP) is 2.79. The number of hydrogen-bond acceptors (Lipinski definition) is 2. The van der Waals surface area contributed by atoms with E-state index >= 15 is 0 Å². The number of nitrogen functional groups attached to an aromatic ring is 1. The van der Waals surface area contributed by atoms with E-state index in [1.54, 1.807) is 12.1 Å². The lowest BCUT2D eigenvalue weighted by atomic mass is 10.1. The fourth-order valence-electron chi connectivity index (χ4n) is 1.01. The van der Waals surface area contributed by atoms with Crippen LogP contribution in [0.15, 0.2) is 12.1 Å². The van der Waals surface area contributed by atoms with Gasteiger partial charge in [0.05, 0.1) is 22.0 Å². The van der Waals surface area contributed by atoms with Crippen molar-refractivity contribution in [3.8, 4) is 11.8 Å². The minimum Gasteiger partial charge on any atom is -0.481 e.